The number of pyridine rings is 1. The van der Waals surface area contributed by atoms with E-state index in [4.69, 9.17) is 4.98 Å². The van der Waals surface area contributed by atoms with Crippen LogP contribution in [0.1, 0.15) is 25.0 Å². The van der Waals surface area contributed by atoms with E-state index < -0.39 is 0 Å². The van der Waals surface area contributed by atoms with Crippen molar-refractivity contribution in [3.05, 3.63) is 103 Å². The van der Waals surface area contributed by atoms with Crippen molar-refractivity contribution in [2.24, 2.45) is 0 Å². The number of anilines is 3. The number of aromatic hydroxyl groups is 1. The maximum atomic E-state index is 10.3. The summed E-state index contributed by atoms with van der Waals surface area (Å²) in [6.45, 7) is 4.51. The molecule has 1 N–H and O–H groups in total. The lowest BCUT2D eigenvalue weighted by Gasteiger charge is -2.41. The quantitative estimate of drug-likeness (QED) is 0.346. The topological polar surface area (TPSA) is 62.1 Å². The number of hydrogen-bond donors (Lipinski definition) is 1. The van der Waals surface area contributed by atoms with Crippen molar-refractivity contribution in [3.8, 4) is 17.0 Å². The average Bonchev–Trinajstić information content (AvgIpc) is 2.85. The first kappa shape index (κ1) is 19.4. The molecule has 5 heteroatoms. The monoisotopic (exact) mass is 430 g/mol. The summed E-state index contributed by atoms with van der Waals surface area (Å²) in [7, 11) is 0. The molecule has 1 aliphatic rings. The third-order valence-electron chi connectivity index (χ3n) is 6.50. The molecule has 160 valence electrons. The highest BCUT2D eigenvalue weighted by atomic mass is 16.3. The van der Waals surface area contributed by atoms with Crippen LogP contribution < -0.4 is 4.90 Å². The predicted molar refractivity (Wildman–Crippen MR) is 131 cm³/mol. The zero-order valence-electron chi connectivity index (χ0n) is 18.4. The van der Waals surface area contributed by atoms with Crippen molar-refractivity contribution in [1.82, 2.24) is 15.0 Å². The number of para-hydroxylation sites is 2. The fourth-order valence-electron chi connectivity index (χ4n) is 4.82. The van der Waals surface area contributed by atoms with E-state index in [1.165, 1.54) is 11.1 Å². The second-order valence-corrected chi connectivity index (χ2v) is 8.82. The molecular formula is C28H22N4O. The van der Waals surface area contributed by atoms with Gasteiger partial charge in [0.2, 0.25) is 0 Å². The van der Waals surface area contributed by atoms with Crippen molar-refractivity contribution in [2.45, 2.75) is 19.3 Å². The average molecular weight is 431 g/mol. The molecule has 3 aromatic carbocycles. The largest absolute Gasteiger partial charge is 0.506 e. The minimum absolute atomic E-state index is 0.182. The fraction of sp³-hybridized carbons (Fsp3) is 0.107. The maximum absolute atomic E-state index is 10.3. The lowest BCUT2D eigenvalue weighted by Crippen LogP contribution is -2.31. The van der Waals surface area contributed by atoms with E-state index in [0.29, 0.717) is 5.52 Å². The molecule has 0 amide bonds. The van der Waals surface area contributed by atoms with Crippen LogP contribution in [-0.4, -0.2) is 20.1 Å². The van der Waals surface area contributed by atoms with E-state index in [1.807, 2.05) is 24.3 Å². The van der Waals surface area contributed by atoms with Gasteiger partial charge in [-0.25, -0.2) is 9.97 Å². The number of nitrogens with zero attached hydrogens (tertiary/aromatic N) is 4. The van der Waals surface area contributed by atoms with E-state index in [-0.39, 0.29) is 11.2 Å². The fourth-order valence-corrected chi connectivity index (χ4v) is 4.82. The number of rotatable bonds is 2. The number of phenolic OH excluding ortho intramolecular Hbond substituents is 1. The van der Waals surface area contributed by atoms with Crippen LogP contribution in [0.3, 0.4) is 0 Å². The van der Waals surface area contributed by atoms with Gasteiger partial charge in [-0.05, 0) is 35.4 Å². The predicted octanol–water partition coefficient (Wildman–Crippen LogP) is 6.51. The maximum Gasteiger partial charge on any atom is 0.156 e. The highest BCUT2D eigenvalue weighted by molar-refractivity contribution is 5.89. The van der Waals surface area contributed by atoms with Crippen LogP contribution in [-0.2, 0) is 5.41 Å². The van der Waals surface area contributed by atoms with Crippen LogP contribution in [0.15, 0.2) is 91.4 Å². The summed E-state index contributed by atoms with van der Waals surface area (Å²) < 4.78 is 0. The number of aromatic nitrogens is 3. The van der Waals surface area contributed by atoms with Crippen LogP contribution in [0.4, 0.5) is 17.2 Å². The van der Waals surface area contributed by atoms with Gasteiger partial charge in [-0.1, -0.05) is 62.4 Å². The Balaban J connectivity index is 1.59. The lowest BCUT2D eigenvalue weighted by atomic mass is 9.73. The Morgan fingerprint density at radius 1 is 0.818 bits per heavy atom. The Bertz CT molecular complexity index is 1510. The highest BCUT2D eigenvalue weighted by Gasteiger charge is 2.37. The molecule has 3 heterocycles. The van der Waals surface area contributed by atoms with Gasteiger partial charge in [-0.2, -0.15) is 0 Å². The van der Waals surface area contributed by atoms with Gasteiger partial charge in [-0.15, -0.1) is 0 Å². The third kappa shape index (κ3) is 2.97. The summed E-state index contributed by atoms with van der Waals surface area (Å²) in [5.41, 5.74) is 6.80. The normalized spacial score (nSPS) is 14.1. The summed E-state index contributed by atoms with van der Waals surface area (Å²) in [5, 5.41) is 11.2. The van der Waals surface area contributed by atoms with E-state index in [1.54, 1.807) is 24.7 Å². The third-order valence-corrected chi connectivity index (χ3v) is 6.50. The SMILES string of the molecule is CC1(C)c2ccccc2N(c2cnccn2)c2cc(-c3ccc4cccc(O)c4n3)ccc21. The number of phenols is 1. The molecule has 33 heavy (non-hydrogen) atoms. The molecule has 0 aliphatic carbocycles. The Labute approximate surface area is 192 Å². The van der Waals surface area contributed by atoms with Crippen LogP contribution in [0.5, 0.6) is 5.75 Å². The van der Waals surface area contributed by atoms with Crippen molar-refractivity contribution in [2.75, 3.05) is 4.90 Å². The number of benzene rings is 3. The molecule has 0 bridgehead atoms. The molecular weight excluding hydrogens is 408 g/mol. The van der Waals surface area contributed by atoms with Crippen LogP contribution in [0.2, 0.25) is 0 Å². The summed E-state index contributed by atoms with van der Waals surface area (Å²) in [6.07, 6.45) is 5.19. The Kier molecular flexibility index (Phi) is 4.20. The zero-order chi connectivity index (χ0) is 22.6. The first-order valence-electron chi connectivity index (χ1n) is 10.9. The second-order valence-electron chi connectivity index (χ2n) is 8.82. The minimum atomic E-state index is -0.182. The zero-order valence-corrected chi connectivity index (χ0v) is 18.4. The summed E-state index contributed by atoms with van der Waals surface area (Å²) in [5.74, 6) is 0.950. The standard InChI is InChI=1S/C28H22N4O/c1-28(2)20-7-3-4-8-23(20)32(26-17-29-14-15-30-26)24-16-19(10-12-21(24)28)22-13-11-18-6-5-9-25(33)27(18)31-22/h3-17,33H,1-2H3. The second kappa shape index (κ2) is 7.14. The van der Waals surface area contributed by atoms with Crippen LogP contribution >= 0.6 is 0 Å². The number of hydrogen-bond acceptors (Lipinski definition) is 5. The van der Waals surface area contributed by atoms with Crippen molar-refractivity contribution >= 4 is 28.1 Å². The Morgan fingerprint density at radius 2 is 1.67 bits per heavy atom. The van der Waals surface area contributed by atoms with E-state index >= 15 is 0 Å². The van der Waals surface area contributed by atoms with Gasteiger partial charge in [0, 0.05) is 28.8 Å². The van der Waals surface area contributed by atoms with Gasteiger partial charge in [0.1, 0.15) is 11.3 Å². The van der Waals surface area contributed by atoms with Gasteiger partial charge in [0.25, 0.3) is 0 Å². The lowest BCUT2D eigenvalue weighted by molar-refractivity contribution is 0.480. The van der Waals surface area contributed by atoms with Gasteiger partial charge in [0.15, 0.2) is 5.82 Å². The molecule has 0 atom stereocenters. The summed E-state index contributed by atoms with van der Waals surface area (Å²) in [4.78, 5) is 15.9. The van der Waals surface area contributed by atoms with Gasteiger partial charge < -0.3 is 5.11 Å². The minimum Gasteiger partial charge on any atom is -0.506 e. The first-order valence-corrected chi connectivity index (χ1v) is 10.9. The molecule has 2 aromatic heterocycles. The smallest absolute Gasteiger partial charge is 0.156 e. The van der Waals surface area contributed by atoms with Gasteiger partial charge >= 0.3 is 0 Å². The molecule has 0 spiro atoms. The van der Waals surface area contributed by atoms with Gasteiger partial charge in [0.05, 0.1) is 23.3 Å². The van der Waals surface area contributed by atoms with Gasteiger partial charge in [-0.3, -0.25) is 9.88 Å². The Morgan fingerprint density at radius 3 is 2.52 bits per heavy atom. The van der Waals surface area contributed by atoms with Crippen molar-refractivity contribution in [3.63, 3.8) is 0 Å². The van der Waals surface area contributed by atoms with Crippen molar-refractivity contribution in [1.29, 1.82) is 0 Å². The molecule has 0 unspecified atom stereocenters. The summed E-state index contributed by atoms with van der Waals surface area (Å²) in [6, 6.07) is 24.4. The van der Waals surface area contributed by atoms with E-state index in [9.17, 15) is 5.11 Å². The molecule has 0 radical (unpaired) electrons. The molecule has 5 nitrogen and oxygen atoms in total. The molecule has 1 aliphatic heterocycles. The van der Waals surface area contributed by atoms with Crippen molar-refractivity contribution < 1.29 is 5.11 Å². The molecule has 5 aromatic rings. The number of fused-ring (bicyclic) bond motifs is 3. The molecule has 6 rings (SSSR count). The van der Waals surface area contributed by atoms with E-state index in [2.05, 4.69) is 71.2 Å². The highest BCUT2D eigenvalue weighted by Crippen LogP contribution is 2.51. The van der Waals surface area contributed by atoms with Crippen LogP contribution in [0, 0.1) is 0 Å². The van der Waals surface area contributed by atoms with Crippen LogP contribution in [0.25, 0.3) is 22.2 Å². The first-order chi connectivity index (χ1) is 16.0. The molecule has 0 fully saturated rings. The van der Waals surface area contributed by atoms with E-state index in [0.717, 1.165) is 33.8 Å². The Hall–Kier alpha value is -4.25. The molecule has 0 saturated heterocycles. The summed E-state index contributed by atoms with van der Waals surface area (Å²) >= 11 is 0. The molecule has 0 saturated carbocycles.